The van der Waals surface area contributed by atoms with Crippen molar-refractivity contribution in [2.45, 2.75) is 6.04 Å². The third kappa shape index (κ3) is 3.23. The van der Waals surface area contributed by atoms with E-state index in [9.17, 15) is 0 Å². The van der Waals surface area contributed by atoms with Gasteiger partial charge < -0.3 is 19.9 Å². The number of methoxy groups -OCH3 is 3. The molecule has 0 spiro atoms. The Kier molecular flexibility index (Phi) is 4.94. The van der Waals surface area contributed by atoms with Crippen molar-refractivity contribution in [1.29, 1.82) is 0 Å². The lowest BCUT2D eigenvalue weighted by Gasteiger charge is -2.17. The van der Waals surface area contributed by atoms with E-state index in [0.717, 1.165) is 16.9 Å². The smallest absolute Gasteiger partial charge is 0.162 e. The zero-order valence-corrected chi connectivity index (χ0v) is 13.0. The molecule has 2 rings (SSSR count). The van der Waals surface area contributed by atoms with Gasteiger partial charge in [0.1, 0.15) is 5.75 Å². The molecule has 2 N–H and O–H groups in total. The van der Waals surface area contributed by atoms with Crippen LogP contribution in [0.4, 0.5) is 0 Å². The first-order valence-electron chi connectivity index (χ1n) is 6.41. The summed E-state index contributed by atoms with van der Waals surface area (Å²) in [6.45, 7) is 0. The molecule has 1 atom stereocenters. The highest BCUT2D eigenvalue weighted by Crippen LogP contribution is 2.37. The first-order chi connectivity index (χ1) is 10.1. The number of hydrogen-bond acceptors (Lipinski definition) is 4. The van der Waals surface area contributed by atoms with Gasteiger partial charge in [-0.05, 0) is 29.3 Å². The molecule has 0 aliphatic carbocycles. The fraction of sp³-hybridized carbons (Fsp3) is 0.250. The molecule has 0 bridgehead atoms. The van der Waals surface area contributed by atoms with Crippen LogP contribution in [0.1, 0.15) is 17.2 Å². The maximum Gasteiger partial charge on any atom is 0.162 e. The van der Waals surface area contributed by atoms with Crippen molar-refractivity contribution in [3.05, 3.63) is 52.5 Å². The van der Waals surface area contributed by atoms with Crippen LogP contribution in [-0.2, 0) is 0 Å². The minimum atomic E-state index is -0.358. The van der Waals surface area contributed by atoms with Crippen LogP contribution in [0.2, 0.25) is 5.02 Å². The molecule has 0 aromatic heterocycles. The molecule has 112 valence electrons. The summed E-state index contributed by atoms with van der Waals surface area (Å²) in [5, 5.41) is 0.538. The van der Waals surface area contributed by atoms with Gasteiger partial charge in [0, 0.05) is 11.1 Å². The number of ether oxygens (including phenoxy) is 3. The fourth-order valence-corrected chi connectivity index (χ4v) is 2.37. The van der Waals surface area contributed by atoms with E-state index >= 15 is 0 Å². The molecule has 0 saturated heterocycles. The van der Waals surface area contributed by atoms with E-state index in [1.165, 1.54) is 0 Å². The summed E-state index contributed by atoms with van der Waals surface area (Å²) in [4.78, 5) is 0. The molecule has 0 fully saturated rings. The summed E-state index contributed by atoms with van der Waals surface area (Å²) in [6.07, 6.45) is 0. The number of rotatable bonds is 5. The Morgan fingerprint density at radius 2 is 1.48 bits per heavy atom. The molecular formula is C16H18ClNO3. The van der Waals surface area contributed by atoms with E-state index < -0.39 is 0 Å². The minimum absolute atomic E-state index is 0.358. The molecule has 0 amide bonds. The lowest BCUT2D eigenvalue weighted by Crippen LogP contribution is -2.12. The molecule has 0 saturated carbocycles. The van der Waals surface area contributed by atoms with Gasteiger partial charge in [0.15, 0.2) is 11.5 Å². The molecular weight excluding hydrogens is 290 g/mol. The second-order valence-corrected chi connectivity index (χ2v) is 4.89. The third-order valence-corrected chi connectivity index (χ3v) is 3.64. The summed E-state index contributed by atoms with van der Waals surface area (Å²) < 4.78 is 15.7. The third-order valence-electron chi connectivity index (χ3n) is 3.31. The highest BCUT2D eigenvalue weighted by atomic mass is 35.5. The highest BCUT2D eigenvalue weighted by molar-refractivity contribution is 6.31. The first kappa shape index (κ1) is 15.5. The summed E-state index contributed by atoms with van der Waals surface area (Å²) >= 11 is 6.30. The number of halogens is 1. The summed E-state index contributed by atoms with van der Waals surface area (Å²) in [7, 11) is 4.77. The molecule has 2 aromatic rings. The van der Waals surface area contributed by atoms with Crippen LogP contribution in [0, 0.1) is 0 Å². The minimum Gasteiger partial charge on any atom is -0.497 e. The average molecular weight is 308 g/mol. The Labute approximate surface area is 129 Å². The molecule has 0 aliphatic heterocycles. The molecule has 0 heterocycles. The SMILES string of the molecule is COc1ccc(C(N)c2cc(OC)c(OC)cc2Cl)cc1. The zero-order valence-electron chi connectivity index (χ0n) is 12.2. The van der Waals surface area contributed by atoms with Gasteiger partial charge in [-0.2, -0.15) is 0 Å². The van der Waals surface area contributed by atoms with Crippen LogP contribution >= 0.6 is 11.6 Å². The van der Waals surface area contributed by atoms with Crippen molar-refractivity contribution in [1.82, 2.24) is 0 Å². The Balaban J connectivity index is 2.39. The van der Waals surface area contributed by atoms with E-state index in [4.69, 9.17) is 31.5 Å². The van der Waals surface area contributed by atoms with Crippen molar-refractivity contribution in [2.75, 3.05) is 21.3 Å². The van der Waals surface area contributed by atoms with Crippen molar-refractivity contribution < 1.29 is 14.2 Å². The summed E-state index contributed by atoms with van der Waals surface area (Å²) in [5.74, 6) is 1.96. The van der Waals surface area contributed by atoms with Gasteiger partial charge in [0.25, 0.3) is 0 Å². The van der Waals surface area contributed by atoms with Gasteiger partial charge in [-0.1, -0.05) is 23.7 Å². The lowest BCUT2D eigenvalue weighted by molar-refractivity contribution is 0.354. The molecule has 21 heavy (non-hydrogen) atoms. The van der Waals surface area contributed by atoms with E-state index in [2.05, 4.69) is 0 Å². The zero-order chi connectivity index (χ0) is 15.4. The first-order valence-corrected chi connectivity index (χ1v) is 6.79. The standard InChI is InChI=1S/C16H18ClNO3/c1-19-11-6-4-10(5-7-11)16(18)12-8-14(20-2)15(21-3)9-13(12)17/h4-9,16H,18H2,1-3H3. The van der Waals surface area contributed by atoms with Crippen LogP contribution in [-0.4, -0.2) is 21.3 Å². The van der Waals surface area contributed by atoms with Gasteiger partial charge in [0.2, 0.25) is 0 Å². The van der Waals surface area contributed by atoms with Crippen molar-refractivity contribution in [3.8, 4) is 17.2 Å². The van der Waals surface area contributed by atoms with Gasteiger partial charge >= 0.3 is 0 Å². The van der Waals surface area contributed by atoms with E-state index in [-0.39, 0.29) is 6.04 Å². The monoisotopic (exact) mass is 307 g/mol. The van der Waals surface area contributed by atoms with Crippen molar-refractivity contribution in [2.24, 2.45) is 5.73 Å². The fourth-order valence-electron chi connectivity index (χ4n) is 2.10. The van der Waals surface area contributed by atoms with Crippen LogP contribution in [0.3, 0.4) is 0 Å². The Morgan fingerprint density at radius 3 is 2.00 bits per heavy atom. The lowest BCUT2D eigenvalue weighted by atomic mass is 9.99. The summed E-state index contributed by atoms with van der Waals surface area (Å²) in [5.41, 5.74) is 8.01. The van der Waals surface area contributed by atoms with Gasteiger partial charge in [0.05, 0.1) is 27.4 Å². The quantitative estimate of drug-likeness (QED) is 0.919. The normalized spacial score (nSPS) is 11.9. The highest BCUT2D eigenvalue weighted by Gasteiger charge is 2.17. The molecule has 0 radical (unpaired) electrons. The van der Waals surface area contributed by atoms with Crippen LogP contribution in [0.5, 0.6) is 17.2 Å². The topological polar surface area (TPSA) is 53.7 Å². The van der Waals surface area contributed by atoms with Crippen LogP contribution in [0.15, 0.2) is 36.4 Å². The Bertz CT molecular complexity index is 614. The van der Waals surface area contributed by atoms with Gasteiger partial charge in [-0.25, -0.2) is 0 Å². The second-order valence-electron chi connectivity index (χ2n) is 4.48. The van der Waals surface area contributed by atoms with Crippen molar-refractivity contribution >= 4 is 11.6 Å². The maximum absolute atomic E-state index is 6.30. The van der Waals surface area contributed by atoms with Gasteiger partial charge in [-0.15, -0.1) is 0 Å². The second kappa shape index (κ2) is 6.70. The number of nitrogens with two attached hydrogens (primary N) is 1. The predicted octanol–water partition coefficient (Wildman–Crippen LogP) is 3.41. The predicted molar refractivity (Wildman–Crippen MR) is 83.6 cm³/mol. The molecule has 0 aliphatic rings. The molecule has 5 heteroatoms. The Morgan fingerprint density at radius 1 is 0.905 bits per heavy atom. The molecule has 2 aromatic carbocycles. The van der Waals surface area contributed by atoms with Gasteiger partial charge in [-0.3, -0.25) is 0 Å². The van der Waals surface area contributed by atoms with Crippen LogP contribution in [0.25, 0.3) is 0 Å². The Hall–Kier alpha value is -1.91. The average Bonchev–Trinajstić information content (AvgIpc) is 2.54. The maximum atomic E-state index is 6.30. The molecule has 1 unspecified atom stereocenters. The van der Waals surface area contributed by atoms with Crippen molar-refractivity contribution in [3.63, 3.8) is 0 Å². The van der Waals surface area contributed by atoms with Crippen LogP contribution < -0.4 is 19.9 Å². The largest absolute Gasteiger partial charge is 0.497 e. The van der Waals surface area contributed by atoms with E-state index in [1.807, 2.05) is 24.3 Å². The number of benzene rings is 2. The van der Waals surface area contributed by atoms with E-state index in [1.54, 1.807) is 33.5 Å². The van der Waals surface area contributed by atoms with E-state index in [0.29, 0.717) is 16.5 Å². The summed E-state index contributed by atoms with van der Waals surface area (Å²) in [6, 6.07) is 10.7. The number of hydrogen-bond donors (Lipinski definition) is 1. The molecule has 4 nitrogen and oxygen atoms in total.